The summed E-state index contributed by atoms with van der Waals surface area (Å²) in [7, 11) is 4.56. The van der Waals surface area contributed by atoms with E-state index in [9.17, 15) is 14.4 Å². The fourth-order valence-corrected chi connectivity index (χ4v) is 4.43. The van der Waals surface area contributed by atoms with E-state index in [0.29, 0.717) is 33.4 Å². The molecule has 0 aliphatic rings. The maximum atomic E-state index is 13.8. The molecule has 0 aliphatic heterocycles. The van der Waals surface area contributed by atoms with Crippen molar-refractivity contribution < 1.29 is 28.6 Å². The summed E-state index contributed by atoms with van der Waals surface area (Å²) in [5.74, 6) is 0.227. The van der Waals surface area contributed by atoms with E-state index in [0.717, 1.165) is 0 Å². The summed E-state index contributed by atoms with van der Waals surface area (Å²) in [4.78, 5) is 42.0. The van der Waals surface area contributed by atoms with Gasteiger partial charge < -0.3 is 24.8 Å². The van der Waals surface area contributed by atoms with E-state index in [4.69, 9.17) is 14.2 Å². The molecule has 0 bridgehead atoms. The second-order valence-electron chi connectivity index (χ2n) is 9.38. The van der Waals surface area contributed by atoms with E-state index in [1.807, 2.05) is 20.8 Å². The predicted octanol–water partition coefficient (Wildman–Crippen LogP) is 4.19. The average molecular weight is 540 g/mol. The molecule has 0 aliphatic carbocycles. The Kier molecular flexibility index (Phi) is 9.35. The Labute approximate surface area is 226 Å². The Morgan fingerprint density at radius 2 is 1.61 bits per heavy atom. The first kappa shape index (κ1) is 28.5. The van der Waals surface area contributed by atoms with Crippen LogP contribution in [0.4, 0.5) is 5.69 Å². The normalized spacial score (nSPS) is 11.7. The molecule has 2 N–H and O–H groups in total. The zero-order valence-electron chi connectivity index (χ0n) is 22.4. The van der Waals surface area contributed by atoms with Gasteiger partial charge in [0.25, 0.3) is 5.91 Å². The number of hydrogen-bond donors (Lipinski definition) is 2. The van der Waals surface area contributed by atoms with Crippen molar-refractivity contribution in [1.82, 2.24) is 10.6 Å². The lowest BCUT2D eigenvalue weighted by Gasteiger charge is -2.34. The van der Waals surface area contributed by atoms with Gasteiger partial charge in [0.05, 0.1) is 32.8 Å². The highest BCUT2D eigenvalue weighted by atomic mass is 32.1. The van der Waals surface area contributed by atoms with Crippen LogP contribution in [-0.4, -0.2) is 51.1 Å². The number of amides is 3. The number of benzene rings is 2. The molecule has 0 saturated heterocycles. The Hall–Kier alpha value is -4.05. The number of methoxy groups -OCH3 is 3. The quantitative estimate of drug-likeness (QED) is 0.400. The monoisotopic (exact) mass is 539 g/mol. The molecule has 0 radical (unpaired) electrons. The summed E-state index contributed by atoms with van der Waals surface area (Å²) < 4.78 is 16.1. The van der Waals surface area contributed by atoms with Crippen LogP contribution in [-0.2, 0) is 9.59 Å². The minimum Gasteiger partial charge on any atom is -0.497 e. The number of ether oxygens (including phenoxy) is 3. The van der Waals surface area contributed by atoms with Crippen LogP contribution in [0.5, 0.6) is 17.2 Å². The molecule has 1 aromatic heterocycles. The second-order valence-corrected chi connectivity index (χ2v) is 10.3. The largest absolute Gasteiger partial charge is 0.497 e. The van der Waals surface area contributed by atoms with E-state index < -0.39 is 23.4 Å². The van der Waals surface area contributed by atoms with Gasteiger partial charge in [-0.05, 0) is 74.2 Å². The predicted molar refractivity (Wildman–Crippen MR) is 147 cm³/mol. The number of carbonyl (C=O) groups excluding carboxylic acids is 3. The average Bonchev–Trinajstić information content (AvgIpc) is 3.44. The van der Waals surface area contributed by atoms with E-state index in [-0.39, 0.29) is 12.5 Å². The van der Waals surface area contributed by atoms with Gasteiger partial charge >= 0.3 is 0 Å². The lowest BCUT2D eigenvalue weighted by Crippen LogP contribution is -2.51. The maximum Gasteiger partial charge on any atom is 0.261 e. The second kappa shape index (κ2) is 12.5. The summed E-state index contributed by atoms with van der Waals surface area (Å²) in [5.41, 5.74) is 0.372. The van der Waals surface area contributed by atoms with Crippen molar-refractivity contribution in [3.63, 3.8) is 0 Å². The Balaban J connectivity index is 2.09. The number of nitrogens with zero attached hydrogens (tertiary/aromatic N) is 1. The van der Waals surface area contributed by atoms with Crippen molar-refractivity contribution in [1.29, 1.82) is 0 Å². The summed E-state index contributed by atoms with van der Waals surface area (Å²) in [6.07, 6.45) is 0. The van der Waals surface area contributed by atoms with Crippen molar-refractivity contribution >= 4 is 34.7 Å². The molecule has 1 heterocycles. The van der Waals surface area contributed by atoms with Crippen LogP contribution in [0.1, 0.15) is 42.0 Å². The molecule has 0 fully saturated rings. The molecule has 0 saturated carbocycles. The third-order valence-electron chi connectivity index (χ3n) is 5.49. The molecule has 10 heteroatoms. The molecule has 0 spiro atoms. The van der Waals surface area contributed by atoms with Crippen molar-refractivity contribution in [2.24, 2.45) is 0 Å². The first-order chi connectivity index (χ1) is 18.1. The molecule has 202 valence electrons. The Morgan fingerprint density at radius 1 is 0.921 bits per heavy atom. The number of hydrogen-bond acceptors (Lipinski definition) is 7. The van der Waals surface area contributed by atoms with Crippen molar-refractivity contribution in [2.75, 3.05) is 32.8 Å². The van der Waals surface area contributed by atoms with Gasteiger partial charge in [-0.25, -0.2) is 0 Å². The first-order valence-electron chi connectivity index (χ1n) is 11.9. The summed E-state index contributed by atoms with van der Waals surface area (Å²) in [6.45, 7) is 5.25. The highest BCUT2D eigenvalue weighted by molar-refractivity contribution is 7.12. The number of rotatable bonds is 10. The first-order valence-corrected chi connectivity index (χ1v) is 12.8. The molecule has 1 atom stereocenters. The third-order valence-corrected chi connectivity index (χ3v) is 6.36. The standard InChI is InChI=1S/C28H33N3O6S/c1-28(2,3)30-27(34)25(18-9-14-21(36-5)22(16-18)37-6)31(19-10-12-20(35-4)13-11-19)24(32)17-29-26(33)23-8-7-15-38-23/h7-16,25H,17H2,1-6H3,(H,29,33)(H,30,34)/t25-/m1/s1. The van der Waals surface area contributed by atoms with Crippen LogP contribution in [0.15, 0.2) is 60.0 Å². The molecule has 0 unspecified atom stereocenters. The minimum absolute atomic E-state index is 0.324. The van der Waals surface area contributed by atoms with Gasteiger partial charge in [-0.15, -0.1) is 11.3 Å². The molecule has 2 aromatic carbocycles. The fourth-order valence-electron chi connectivity index (χ4n) is 3.79. The van der Waals surface area contributed by atoms with Crippen molar-refractivity contribution in [3.8, 4) is 17.2 Å². The van der Waals surface area contributed by atoms with Crippen LogP contribution < -0.4 is 29.7 Å². The van der Waals surface area contributed by atoms with Gasteiger partial charge in [-0.2, -0.15) is 0 Å². The Bertz CT molecular complexity index is 1250. The number of carbonyl (C=O) groups is 3. The van der Waals surface area contributed by atoms with Crippen LogP contribution in [0.2, 0.25) is 0 Å². The molecular weight excluding hydrogens is 506 g/mol. The van der Waals surface area contributed by atoms with E-state index in [1.54, 1.807) is 67.1 Å². The highest BCUT2D eigenvalue weighted by Crippen LogP contribution is 2.35. The molecule has 3 aromatic rings. The number of anilines is 1. The highest BCUT2D eigenvalue weighted by Gasteiger charge is 2.35. The topological polar surface area (TPSA) is 106 Å². The smallest absolute Gasteiger partial charge is 0.261 e. The van der Waals surface area contributed by atoms with Crippen LogP contribution >= 0.6 is 11.3 Å². The molecular formula is C28H33N3O6S. The molecule has 9 nitrogen and oxygen atoms in total. The van der Waals surface area contributed by atoms with Crippen molar-refractivity contribution in [3.05, 3.63) is 70.4 Å². The summed E-state index contributed by atoms with van der Waals surface area (Å²) in [5, 5.41) is 7.44. The summed E-state index contributed by atoms with van der Waals surface area (Å²) in [6, 6.07) is 14.2. The maximum absolute atomic E-state index is 13.8. The number of thiophene rings is 1. The van der Waals surface area contributed by atoms with E-state index >= 15 is 0 Å². The lowest BCUT2D eigenvalue weighted by molar-refractivity contribution is -0.127. The zero-order chi connectivity index (χ0) is 27.9. The molecule has 38 heavy (non-hydrogen) atoms. The minimum atomic E-state index is -1.09. The van der Waals surface area contributed by atoms with Crippen molar-refractivity contribution in [2.45, 2.75) is 32.4 Å². The van der Waals surface area contributed by atoms with Crippen LogP contribution in [0, 0.1) is 0 Å². The third kappa shape index (κ3) is 7.04. The van der Waals surface area contributed by atoms with E-state index in [1.165, 1.54) is 30.5 Å². The van der Waals surface area contributed by atoms with Gasteiger partial charge in [0.2, 0.25) is 11.8 Å². The van der Waals surface area contributed by atoms with Crippen LogP contribution in [0.3, 0.4) is 0 Å². The zero-order valence-corrected chi connectivity index (χ0v) is 23.2. The van der Waals surface area contributed by atoms with Crippen LogP contribution in [0.25, 0.3) is 0 Å². The fraction of sp³-hybridized carbons (Fsp3) is 0.321. The van der Waals surface area contributed by atoms with Gasteiger partial charge in [0.1, 0.15) is 11.8 Å². The summed E-state index contributed by atoms with van der Waals surface area (Å²) >= 11 is 1.27. The van der Waals surface area contributed by atoms with E-state index in [2.05, 4.69) is 10.6 Å². The molecule has 3 rings (SSSR count). The SMILES string of the molecule is COc1ccc(N(C(=O)CNC(=O)c2cccs2)[C@@H](C(=O)NC(C)(C)C)c2ccc(OC)c(OC)c2)cc1. The number of nitrogens with one attached hydrogen (secondary N) is 2. The van der Waals surface area contributed by atoms with Gasteiger partial charge in [0, 0.05) is 11.2 Å². The Morgan fingerprint density at radius 3 is 2.16 bits per heavy atom. The van der Waals surface area contributed by atoms with Gasteiger partial charge in [0.15, 0.2) is 11.5 Å². The lowest BCUT2D eigenvalue weighted by atomic mass is 10.00. The van der Waals surface area contributed by atoms with Gasteiger partial charge in [-0.3, -0.25) is 19.3 Å². The van der Waals surface area contributed by atoms with Gasteiger partial charge in [-0.1, -0.05) is 12.1 Å². The molecule has 3 amide bonds.